The van der Waals surface area contributed by atoms with Crippen LogP contribution in [-0.2, 0) is 28.7 Å². The Balaban J connectivity index is 1.51. The molecule has 0 aromatic carbocycles. The molecule has 0 heterocycles. The normalized spacial score (nSPS) is 27.5. The predicted octanol–water partition coefficient (Wildman–Crippen LogP) is 17.2. The van der Waals surface area contributed by atoms with E-state index in [9.17, 15) is 24.6 Å². The summed E-state index contributed by atoms with van der Waals surface area (Å²) in [6.07, 6.45) is 48.9. The van der Waals surface area contributed by atoms with Crippen molar-refractivity contribution in [1.29, 1.82) is 0 Å². The zero-order valence-corrected chi connectivity index (χ0v) is 49.5. The van der Waals surface area contributed by atoms with Crippen LogP contribution in [0, 0.1) is 34.5 Å². The first-order valence-electron chi connectivity index (χ1n) is 31.0. The van der Waals surface area contributed by atoms with Gasteiger partial charge in [-0.25, -0.2) is 0 Å². The first-order valence-corrected chi connectivity index (χ1v) is 31.0. The fraction of sp³-hybridized carbons (Fsp3) is 0.735. The maximum Gasteiger partial charge on any atom is 0.305 e. The maximum atomic E-state index is 15.0. The van der Waals surface area contributed by atoms with Crippen molar-refractivity contribution in [3.8, 4) is 0 Å². The first-order chi connectivity index (χ1) is 36.6. The molecule has 0 radical (unpaired) electrons. The topological polar surface area (TPSA) is 127 Å². The van der Waals surface area contributed by atoms with Crippen molar-refractivity contribution >= 4 is 23.8 Å². The van der Waals surface area contributed by atoms with Crippen LogP contribution in [0.4, 0.5) is 0 Å². The van der Waals surface area contributed by atoms with Crippen molar-refractivity contribution in [3.05, 3.63) is 82.2 Å². The highest BCUT2D eigenvalue weighted by Gasteiger charge is 2.65. The van der Waals surface area contributed by atoms with Crippen LogP contribution in [0.1, 0.15) is 260 Å². The zero-order valence-electron chi connectivity index (χ0n) is 49.5. The van der Waals surface area contributed by atoms with Crippen molar-refractivity contribution < 1.29 is 38.9 Å². The Labute approximate surface area is 463 Å². The van der Waals surface area contributed by atoms with Gasteiger partial charge in [0.25, 0.3) is 0 Å². The van der Waals surface area contributed by atoms with E-state index in [1.54, 1.807) is 0 Å². The van der Waals surface area contributed by atoms with Crippen LogP contribution in [0.3, 0.4) is 0 Å². The summed E-state index contributed by atoms with van der Waals surface area (Å²) in [4.78, 5) is 55.2. The summed E-state index contributed by atoms with van der Waals surface area (Å²) in [5.74, 6) is -1.91. The number of ether oxygens (including phenoxy) is 2. The number of hydrogen-bond acceptors (Lipinski definition) is 8. The van der Waals surface area contributed by atoms with Gasteiger partial charge in [0.1, 0.15) is 6.29 Å². The fourth-order valence-corrected chi connectivity index (χ4v) is 13.8. The number of carbonyl (C=O) groups excluding carboxylic acids is 4. The molecule has 0 aromatic heterocycles. The molecule has 2 fully saturated rings. The number of aliphatic hydroxyl groups excluding tert-OH is 1. The quantitative estimate of drug-likeness (QED) is 0.0207. The average Bonchev–Trinajstić information content (AvgIpc) is 3.79. The number of ketones is 2. The number of aliphatic hydroxyl groups is 2. The van der Waals surface area contributed by atoms with Crippen LogP contribution in [-0.4, -0.2) is 59.5 Å². The third-order valence-corrected chi connectivity index (χ3v) is 18.3. The van der Waals surface area contributed by atoms with Crippen LogP contribution in [0.5, 0.6) is 0 Å². The summed E-state index contributed by atoms with van der Waals surface area (Å²) < 4.78 is 11.5. The molecule has 8 heteroatoms. The molecule has 0 aromatic rings. The van der Waals surface area contributed by atoms with Gasteiger partial charge in [0, 0.05) is 35.7 Å². The number of aldehydes is 1. The molecule has 428 valence electrons. The van der Waals surface area contributed by atoms with E-state index in [4.69, 9.17) is 9.47 Å². The summed E-state index contributed by atoms with van der Waals surface area (Å²) in [5.41, 5.74) is 1.77. The van der Waals surface area contributed by atoms with Gasteiger partial charge in [-0.3, -0.25) is 19.2 Å². The molecule has 4 aliphatic carbocycles. The van der Waals surface area contributed by atoms with Crippen molar-refractivity contribution in [3.63, 3.8) is 0 Å². The summed E-state index contributed by atoms with van der Waals surface area (Å²) >= 11 is 0. The van der Waals surface area contributed by atoms with Crippen LogP contribution >= 0.6 is 0 Å². The smallest absolute Gasteiger partial charge is 0.305 e. The SMILES string of the molecule is CCCC/C=C\CCCCCCCCCC(=O)OCCC[C@@H]1/C(=C(/C)C=O)CC[C@](C)(O)[C@@]12CC[C@@H](C1=C[C@@H](/C=C(\C)CCC=C(C)C)[C@]3(CCCCCCCCC/C=C\CCCC)C(=O)C(OC)=CC(=O)[C@@H]3C1)[C@H]2O. The lowest BCUT2D eigenvalue weighted by Gasteiger charge is -2.56. The average molecular weight is 1050 g/mol. The van der Waals surface area contributed by atoms with Crippen LogP contribution < -0.4 is 0 Å². The minimum absolute atomic E-state index is 0.0929. The lowest BCUT2D eigenvalue weighted by atomic mass is 9.51. The molecule has 1 spiro atoms. The molecule has 8 atom stereocenters. The Morgan fingerprint density at radius 1 is 0.750 bits per heavy atom. The number of fused-ring (bicyclic) bond motifs is 1. The number of carbonyl (C=O) groups is 4. The number of hydrogen-bond donors (Lipinski definition) is 2. The van der Waals surface area contributed by atoms with E-state index in [0.717, 1.165) is 87.2 Å². The molecule has 4 aliphatic rings. The Morgan fingerprint density at radius 2 is 1.33 bits per heavy atom. The minimum Gasteiger partial charge on any atom is -0.493 e. The molecule has 2 saturated carbocycles. The van der Waals surface area contributed by atoms with E-state index in [2.05, 4.69) is 77.2 Å². The first kappa shape index (κ1) is 64.9. The molecule has 4 rings (SSSR count). The molecule has 0 bridgehead atoms. The second-order valence-corrected chi connectivity index (χ2v) is 24.2. The van der Waals surface area contributed by atoms with Crippen molar-refractivity contribution in [1.82, 2.24) is 0 Å². The Bertz CT molecular complexity index is 2020. The number of rotatable bonds is 37. The predicted molar refractivity (Wildman–Crippen MR) is 314 cm³/mol. The van der Waals surface area contributed by atoms with Crippen LogP contribution in [0.25, 0.3) is 0 Å². The van der Waals surface area contributed by atoms with E-state index in [0.29, 0.717) is 63.4 Å². The standard InChI is InChI=1S/C68H108O8/c1-9-11-13-15-17-19-21-23-25-27-29-31-33-40-63(71)76-46-36-39-59-57(54(6)51-69)41-44-66(7,74)68(59)45-42-58(64(68)72)55-48-56(47-53(5)38-35-37-52(3)4)67(60(49-55)61(70)50-62(75-8)65(67)73)43-34-32-30-28-26-24-22-20-18-16-14-12-10-2/h15-18,37,47-48,50-51,56,58-60,64,72,74H,9-14,19-36,38-46,49H2,1-8H3/b17-15-,18-16-,53-47+,57-54-/t56-,58+,59-,60+,64-,66+,67+,68+/m1/s1. The van der Waals surface area contributed by atoms with Crippen molar-refractivity contribution in [2.24, 2.45) is 34.5 Å². The molecule has 2 N–H and O–H groups in total. The summed E-state index contributed by atoms with van der Waals surface area (Å²) in [6.45, 7) is 14.8. The van der Waals surface area contributed by atoms with Crippen molar-refractivity contribution in [2.75, 3.05) is 13.7 Å². The van der Waals surface area contributed by atoms with E-state index < -0.39 is 28.5 Å². The molecule has 0 aliphatic heterocycles. The summed E-state index contributed by atoms with van der Waals surface area (Å²) in [5, 5.41) is 25.7. The molecular weight excluding hydrogens is 945 g/mol. The third-order valence-electron chi connectivity index (χ3n) is 18.3. The van der Waals surface area contributed by atoms with Crippen molar-refractivity contribution in [2.45, 2.75) is 272 Å². The van der Waals surface area contributed by atoms with Gasteiger partial charge in [-0.05, 0) is 155 Å². The number of unbranched alkanes of at least 4 members (excludes halogenated alkanes) is 18. The van der Waals surface area contributed by atoms with Crippen LogP contribution in [0.15, 0.2) is 82.2 Å². The Hall–Kier alpha value is -3.62. The number of allylic oxidation sites excluding steroid dienone is 13. The summed E-state index contributed by atoms with van der Waals surface area (Å²) in [6, 6.07) is 0. The van der Waals surface area contributed by atoms with Gasteiger partial charge in [-0.15, -0.1) is 0 Å². The molecular formula is C68H108O8. The summed E-state index contributed by atoms with van der Waals surface area (Å²) in [7, 11) is 1.49. The van der Waals surface area contributed by atoms with Gasteiger partial charge in [-0.1, -0.05) is 175 Å². The minimum atomic E-state index is -1.25. The number of methoxy groups -OCH3 is 1. The molecule has 76 heavy (non-hydrogen) atoms. The monoisotopic (exact) mass is 1050 g/mol. The number of Topliss-reactive ketones (excluding diaryl/α,β-unsaturated/α-hetero) is 1. The molecule has 0 amide bonds. The van der Waals surface area contributed by atoms with Gasteiger partial charge < -0.3 is 19.7 Å². The van der Waals surface area contributed by atoms with E-state index in [1.807, 2.05) is 13.8 Å². The largest absolute Gasteiger partial charge is 0.493 e. The van der Waals surface area contributed by atoms with E-state index in [-0.39, 0.29) is 47.7 Å². The highest BCUT2D eigenvalue weighted by atomic mass is 16.5. The van der Waals surface area contributed by atoms with Gasteiger partial charge >= 0.3 is 5.97 Å². The number of esters is 1. The second kappa shape index (κ2) is 34.4. The van der Waals surface area contributed by atoms with Crippen LogP contribution in [0.2, 0.25) is 0 Å². The van der Waals surface area contributed by atoms with Gasteiger partial charge in [0.2, 0.25) is 5.78 Å². The van der Waals surface area contributed by atoms with Gasteiger partial charge in [0.15, 0.2) is 11.5 Å². The molecule has 0 unspecified atom stereocenters. The highest BCUT2D eigenvalue weighted by Crippen LogP contribution is 2.65. The van der Waals surface area contributed by atoms with Gasteiger partial charge in [-0.2, -0.15) is 0 Å². The Kier molecular flexibility index (Phi) is 29.4. The lowest BCUT2D eigenvalue weighted by Crippen LogP contribution is -2.59. The van der Waals surface area contributed by atoms with E-state index in [1.165, 1.54) is 109 Å². The third kappa shape index (κ3) is 18.5. The molecule has 8 nitrogen and oxygen atoms in total. The zero-order chi connectivity index (χ0) is 55.4. The van der Waals surface area contributed by atoms with Gasteiger partial charge in [0.05, 0.1) is 30.8 Å². The second-order valence-electron chi connectivity index (χ2n) is 24.2. The highest BCUT2D eigenvalue weighted by molar-refractivity contribution is 6.12. The van der Waals surface area contributed by atoms with E-state index >= 15 is 4.79 Å². The molecule has 0 saturated heterocycles. The maximum absolute atomic E-state index is 15.0. The Morgan fingerprint density at radius 3 is 1.91 bits per heavy atom. The lowest BCUT2D eigenvalue weighted by molar-refractivity contribution is -0.168. The fourth-order valence-electron chi connectivity index (χ4n) is 13.8.